The van der Waals surface area contributed by atoms with Gasteiger partial charge in [0.1, 0.15) is 12.7 Å². The summed E-state index contributed by atoms with van der Waals surface area (Å²) in [5.41, 5.74) is -0.250. The molecule has 1 aromatic heterocycles. The van der Waals surface area contributed by atoms with Gasteiger partial charge in [-0.05, 0) is 36.8 Å². The number of benzene rings is 1. The topological polar surface area (TPSA) is 60.2 Å². The monoisotopic (exact) mass is 335 g/mol. The molecule has 6 heteroatoms. The van der Waals surface area contributed by atoms with Gasteiger partial charge in [0.25, 0.3) is 0 Å². The first-order chi connectivity index (χ1) is 11.4. The second-order valence-electron chi connectivity index (χ2n) is 7.03. The molecule has 132 valence electrons. The fraction of sp³-hybridized carbons (Fsp3) is 0.556. The lowest BCUT2D eigenvalue weighted by Crippen LogP contribution is -2.35. The largest absolute Gasteiger partial charge is 0.491 e. The van der Waals surface area contributed by atoms with Gasteiger partial charge in [0.15, 0.2) is 11.6 Å². The summed E-state index contributed by atoms with van der Waals surface area (Å²) < 4.78 is 20.7. The third kappa shape index (κ3) is 5.03. The van der Waals surface area contributed by atoms with Crippen LogP contribution in [-0.4, -0.2) is 32.6 Å². The average Bonchev–Trinajstić information content (AvgIpc) is 3.05. The molecule has 0 aliphatic rings. The summed E-state index contributed by atoms with van der Waals surface area (Å²) in [6.45, 7) is 6.45. The number of aromatic nitrogens is 3. The molecule has 2 rings (SSSR count). The lowest BCUT2D eigenvalue weighted by atomic mass is 9.83. The van der Waals surface area contributed by atoms with E-state index in [2.05, 4.69) is 10.1 Å². The van der Waals surface area contributed by atoms with Crippen molar-refractivity contribution < 1.29 is 14.2 Å². The first-order valence-electron chi connectivity index (χ1n) is 8.29. The summed E-state index contributed by atoms with van der Waals surface area (Å²) >= 11 is 0. The van der Waals surface area contributed by atoms with Crippen LogP contribution in [0.1, 0.15) is 46.1 Å². The first-order valence-corrected chi connectivity index (χ1v) is 8.29. The highest BCUT2D eigenvalue weighted by Gasteiger charge is 2.31. The molecule has 0 fully saturated rings. The van der Waals surface area contributed by atoms with Gasteiger partial charge in [0.2, 0.25) is 0 Å². The fourth-order valence-electron chi connectivity index (χ4n) is 2.60. The van der Waals surface area contributed by atoms with E-state index in [1.165, 1.54) is 12.4 Å². The maximum atomic E-state index is 13.5. The average molecular weight is 335 g/mol. The van der Waals surface area contributed by atoms with Crippen molar-refractivity contribution in [1.29, 1.82) is 0 Å². The highest BCUT2D eigenvalue weighted by Crippen LogP contribution is 2.31. The molecule has 2 aromatic rings. The summed E-state index contributed by atoms with van der Waals surface area (Å²) in [6, 6.07) is 6.26. The van der Waals surface area contributed by atoms with Gasteiger partial charge in [-0.2, -0.15) is 5.10 Å². The molecule has 2 atom stereocenters. The van der Waals surface area contributed by atoms with Crippen LogP contribution in [0.25, 0.3) is 0 Å². The zero-order valence-corrected chi connectivity index (χ0v) is 14.5. The van der Waals surface area contributed by atoms with Gasteiger partial charge in [0, 0.05) is 0 Å². The third-order valence-electron chi connectivity index (χ3n) is 4.02. The molecule has 0 radical (unpaired) electrons. The number of para-hydroxylation sites is 1. The summed E-state index contributed by atoms with van der Waals surface area (Å²) in [5, 5.41) is 14.8. The number of aliphatic hydroxyl groups excluding tert-OH is 1. The Balaban J connectivity index is 1.84. The first kappa shape index (κ1) is 18.4. The van der Waals surface area contributed by atoms with Crippen molar-refractivity contribution in [3.63, 3.8) is 0 Å². The predicted octanol–water partition coefficient (Wildman–Crippen LogP) is 3.61. The summed E-state index contributed by atoms with van der Waals surface area (Å²) in [6.07, 6.45) is 4.94. The van der Waals surface area contributed by atoms with E-state index < -0.39 is 6.10 Å². The van der Waals surface area contributed by atoms with Gasteiger partial charge < -0.3 is 9.84 Å². The van der Waals surface area contributed by atoms with E-state index in [1.54, 1.807) is 29.2 Å². The zero-order chi connectivity index (χ0) is 17.6. The van der Waals surface area contributed by atoms with Crippen molar-refractivity contribution in [2.24, 2.45) is 5.41 Å². The van der Waals surface area contributed by atoms with Crippen molar-refractivity contribution >= 4 is 0 Å². The van der Waals surface area contributed by atoms with Crippen LogP contribution in [0.2, 0.25) is 0 Å². The molecule has 0 bridgehead atoms. The van der Waals surface area contributed by atoms with E-state index in [9.17, 15) is 9.50 Å². The molecule has 0 amide bonds. The van der Waals surface area contributed by atoms with Gasteiger partial charge in [-0.1, -0.05) is 32.9 Å². The van der Waals surface area contributed by atoms with Crippen LogP contribution < -0.4 is 4.74 Å². The second kappa shape index (κ2) is 8.24. The van der Waals surface area contributed by atoms with E-state index in [-0.39, 0.29) is 23.0 Å². The minimum Gasteiger partial charge on any atom is -0.491 e. The number of hydrogen-bond acceptors (Lipinski definition) is 4. The van der Waals surface area contributed by atoms with E-state index in [0.717, 1.165) is 19.3 Å². The summed E-state index contributed by atoms with van der Waals surface area (Å²) in [4.78, 5) is 3.98. The molecule has 0 spiro atoms. The highest BCUT2D eigenvalue weighted by molar-refractivity contribution is 5.23. The van der Waals surface area contributed by atoms with Crippen LogP contribution in [0.5, 0.6) is 5.75 Å². The van der Waals surface area contributed by atoms with Crippen molar-refractivity contribution in [2.45, 2.75) is 52.2 Å². The van der Waals surface area contributed by atoms with Crippen LogP contribution >= 0.6 is 0 Å². The SMILES string of the molecule is CC(C)(C)C(O)C(CCCCOc1ccccc1F)n1cncn1. The highest BCUT2D eigenvalue weighted by atomic mass is 19.1. The minimum atomic E-state index is -0.535. The van der Waals surface area contributed by atoms with Crippen molar-refractivity contribution in [3.05, 3.63) is 42.7 Å². The molecular weight excluding hydrogens is 309 g/mol. The smallest absolute Gasteiger partial charge is 0.165 e. The zero-order valence-electron chi connectivity index (χ0n) is 14.5. The molecule has 24 heavy (non-hydrogen) atoms. The van der Waals surface area contributed by atoms with E-state index in [4.69, 9.17) is 4.74 Å². The molecular formula is C18H26FN3O2. The van der Waals surface area contributed by atoms with Crippen LogP contribution in [0, 0.1) is 11.2 Å². The Morgan fingerprint density at radius 1 is 1.25 bits per heavy atom. The molecule has 0 aliphatic heterocycles. The lowest BCUT2D eigenvalue weighted by molar-refractivity contribution is 0.00822. The Bertz CT molecular complexity index is 611. The van der Waals surface area contributed by atoms with Crippen molar-refractivity contribution in [2.75, 3.05) is 6.61 Å². The molecule has 2 unspecified atom stereocenters. The number of ether oxygens (including phenoxy) is 1. The quantitative estimate of drug-likeness (QED) is 0.749. The Hall–Kier alpha value is -1.95. The Kier molecular flexibility index (Phi) is 6.31. The van der Waals surface area contributed by atoms with Crippen LogP contribution in [0.3, 0.4) is 0 Å². The molecule has 1 heterocycles. The second-order valence-corrected chi connectivity index (χ2v) is 7.03. The number of nitrogens with zero attached hydrogens (tertiary/aromatic N) is 3. The van der Waals surface area contributed by atoms with Gasteiger partial charge in [0.05, 0.1) is 18.8 Å². The van der Waals surface area contributed by atoms with Crippen molar-refractivity contribution in [3.8, 4) is 5.75 Å². The number of hydrogen-bond donors (Lipinski definition) is 1. The van der Waals surface area contributed by atoms with Gasteiger partial charge in [-0.3, -0.25) is 0 Å². The normalized spacial score (nSPS) is 14.4. The van der Waals surface area contributed by atoms with E-state index in [0.29, 0.717) is 6.61 Å². The summed E-state index contributed by atoms with van der Waals surface area (Å²) in [5.74, 6) is -0.0683. The number of unbranched alkanes of at least 4 members (excludes halogenated alkanes) is 1. The Morgan fingerprint density at radius 2 is 2.00 bits per heavy atom. The minimum absolute atomic E-state index is 0.138. The van der Waals surface area contributed by atoms with Gasteiger partial charge in [-0.15, -0.1) is 0 Å². The number of rotatable bonds is 8. The van der Waals surface area contributed by atoms with Crippen LogP contribution in [0.15, 0.2) is 36.9 Å². The standard InChI is InChI=1S/C18H26FN3O2/c1-18(2,3)17(23)15(22-13-20-12-21-22)9-6-7-11-24-16-10-5-4-8-14(16)19/h4-5,8,10,12-13,15,17,23H,6-7,9,11H2,1-3H3. The maximum absolute atomic E-state index is 13.5. The molecule has 0 saturated heterocycles. The van der Waals surface area contributed by atoms with E-state index >= 15 is 0 Å². The maximum Gasteiger partial charge on any atom is 0.165 e. The Morgan fingerprint density at radius 3 is 2.62 bits per heavy atom. The van der Waals surface area contributed by atoms with Crippen LogP contribution in [-0.2, 0) is 0 Å². The molecule has 0 saturated carbocycles. The van der Waals surface area contributed by atoms with E-state index in [1.807, 2.05) is 20.8 Å². The molecule has 1 aromatic carbocycles. The molecule has 5 nitrogen and oxygen atoms in total. The third-order valence-corrected chi connectivity index (χ3v) is 4.02. The molecule has 1 N–H and O–H groups in total. The number of aliphatic hydroxyl groups is 1. The molecule has 0 aliphatic carbocycles. The lowest BCUT2D eigenvalue weighted by Gasteiger charge is -2.33. The van der Waals surface area contributed by atoms with Gasteiger partial charge in [-0.25, -0.2) is 14.1 Å². The van der Waals surface area contributed by atoms with Gasteiger partial charge >= 0.3 is 0 Å². The number of halogens is 1. The fourth-order valence-corrected chi connectivity index (χ4v) is 2.60. The summed E-state index contributed by atoms with van der Waals surface area (Å²) in [7, 11) is 0. The van der Waals surface area contributed by atoms with Crippen molar-refractivity contribution in [1.82, 2.24) is 14.8 Å². The Labute approximate surface area is 142 Å². The predicted molar refractivity (Wildman–Crippen MR) is 90.3 cm³/mol. The van der Waals surface area contributed by atoms with Crippen LogP contribution in [0.4, 0.5) is 4.39 Å².